The molecule has 0 spiro atoms. The van der Waals surface area contributed by atoms with Crippen LogP contribution < -0.4 is 14.5 Å². The summed E-state index contributed by atoms with van der Waals surface area (Å²) in [6, 6.07) is 9.58. The minimum atomic E-state index is 0.0520. The molecule has 2 aliphatic rings. The Balaban J connectivity index is 1.44. The third kappa shape index (κ3) is 2.79. The van der Waals surface area contributed by atoms with E-state index in [-0.39, 0.29) is 11.8 Å². The Kier molecular flexibility index (Phi) is 4.02. The number of para-hydroxylation sites is 2. The van der Waals surface area contributed by atoms with E-state index < -0.39 is 0 Å². The van der Waals surface area contributed by atoms with Crippen LogP contribution >= 0.6 is 0 Å². The third-order valence-corrected chi connectivity index (χ3v) is 4.67. The molecule has 1 saturated heterocycles. The molecule has 124 valence electrons. The van der Waals surface area contributed by atoms with Crippen molar-refractivity contribution in [3.05, 3.63) is 42.7 Å². The first-order chi connectivity index (χ1) is 11.8. The zero-order chi connectivity index (χ0) is 16.4. The lowest BCUT2D eigenvalue weighted by Gasteiger charge is -2.36. The van der Waals surface area contributed by atoms with Crippen LogP contribution in [0.25, 0.3) is 0 Å². The number of piperidine rings is 1. The SMILES string of the molecule is O=C(C1CCN(c2ncccn2)CC1)N1CCOc2ccccc21. The van der Waals surface area contributed by atoms with Crippen LogP contribution in [0.4, 0.5) is 11.6 Å². The van der Waals surface area contributed by atoms with E-state index in [1.165, 1.54) is 0 Å². The predicted molar refractivity (Wildman–Crippen MR) is 91.3 cm³/mol. The molecule has 4 rings (SSSR count). The van der Waals surface area contributed by atoms with Crippen molar-refractivity contribution < 1.29 is 9.53 Å². The number of aromatic nitrogens is 2. The maximum atomic E-state index is 13.0. The number of nitrogens with zero attached hydrogens (tertiary/aromatic N) is 4. The molecule has 0 atom stereocenters. The van der Waals surface area contributed by atoms with Crippen molar-refractivity contribution >= 4 is 17.5 Å². The fourth-order valence-electron chi connectivity index (χ4n) is 3.40. The van der Waals surface area contributed by atoms with Gasteiger partial charge in [-0.25, -0.2) is 9.97 Å². The number of carbonyl (C=O) groups is 1. The van der Waals surface area contributed by atoms with Gasteiger partial charge in [-0.1, -0.05) is 12.1 Å². The Morgan fingerprint density at radius 2 is 1.79 bits per heavy atom. The summed E-state index contributed by atoms with van der Waals surface area (Å²) < 4.78 is 5.65. The minimum Gasteiger partial charge on any atom is -0.490 e. The smallest absolute Gasteiger partial charge is 0.230 e. The van der Waals surface area contributed by atoms with Gasteiger partial charge in [-0.2, -0.15) is 0 Å². The molecule has 1 fully saturated rings. The zero-order valence-corrected chi connectivity index (χ0v) is 13.5. The van der Waals surface area contributed by atoms with Crippen molar-refractivity contribution in [1.82, 2.24) is 9.97 Å². The van der Waals surface area contributed by atoms with Crippen LogP contribution in [0, 0.1) is 5.92 Å². The van der Waals surface area contributed by atoms with Crippen molar-refractivity contribution in [3.63, 3.8) is 0 Å². The van der Waals surface area contributed by atoms with Gasteiger partial charge in [-0.3, -0.25) is 4.79 Å². The zero-order valence-electron chi connectivity index (χ0n) is 13.5. The predicted octanol–water partition coefficient (Wildman–Crippen LogP) is 2.12. The molecule has 0 saturated carbocycles. The van der Waals surface area contributed by atoms with Gasteiger partial charge in [0, 0.05) is 31.4 Å². The highest BCUT2D eigenvalue weighted by atomic mass is 16.5. The topological polar surface area (TPSA) is 58.6 Å². The fourth-order valence-corrected chi connectivity index (χ4v) is 3.40. The van der Waals surface area contributed by atoms with Crippen molar-refractivity contribution in [3.8, 4) is 5.75 Å². The monoisotopic (exact) mass is 324 g/mol. The second kappa shape index (κ2) is 6.47. The van der Waals surface area contributed by atoms with Gasteiger partial charge in [0.2, 0.25) is 11.9 Å². The van der Waals surface area contributed by atoms with Gasteiger partial charge in [0.05, 0.1) is 12.2 Å². The molecule has 24 heavy (non-hydrogen) atoms. The van der Waals surface area contributed by atoms with E-state index in [4.69, 9.17) is 4.74 Å². The number of ether oxygens (including phenoxy) is 1. The number of benzene rings is 1. The molecule has 6 heteroatoms. The van der Waals surface area contributed by atoms with Crippen molar-refractivity contribution in [2.24, 2.45) is 5.92 Å². The van der Waals surface area contributed by atoms with E-state index in [0.29, 0.717) is 13.2 Å². The van der Waals surface area contributed by atoms with Crippen LogP contribution in [-0.4, -0.2) is 42.1 Å². The summed E-state index contributed by atoms with van der Waals surface area (Å²) in [6.45, 7) is 2.80. The van der Waals surface area contributed by atoms with Gasteiger partial charge in [0.1, 0.15) is 12.4 Å². The van der Waals surface area contributed by atoms with E-state index in [9.17, 15) is 4.79 Å². The lowest BCUT2D eigenvalue weighted by molar-refractivity contribution is -0.123. The number of anilines is 2. The van der Waals surface area contributed by atoms with Crippen LogP contribution in [0.15, 0.2) is 42.7 Å². The lowest BCUT2D eigenvalue weighted by atomic mass is 9.95. The summed E-state index contributed by atoms with van der Waals surface area (Å²) in [5, 5.41) is 0. The first-order valence-electron chi connectivity index (χ1n) is 8.38. The highest BCUT2D eigenvalue weighted by molar-refractivity contribution is 5.97. The van der Waals surface area contributed by atoms with E-state index >= 15 is 0 Å². The van der Waals surface area contributed by atoms with Crippen molar-refractivity contribution in [2.75, 3.05) is 36.0 Å². The Bertz CT molecular complexity index is 714. The van der Waals surface area contributed by atoms with E-state index in [2.05, 4.69) is 14.9 Å². The standard InChI is InChI=1S/C18H20N4O2/c23-17(22-12-13-24-16-5-2-1-4-15(16)22)14-6-10-21(11-7-14)18-19-8-3-9-20-18/h1-5,8-9,14H,6-7,10-13H2. The number of carbonyl (C=O) groups excluding carboxylic acids is 1. The van der Waals surface area contributed by atoms with Gasteiger partial charge in [-0.15, -0.1) is 0 Å². The molecular weight excluding hydrogens is 304 g/mol. The minimum absolute atomic E-state index is 0.0520. The number of hydrogen-bond donors (Lipinski definition) is 0. The molecule has 3 heterocycles. The first kappa shape index (κ1) is 14.9. The van der Waals surface area contributed by atoms with E-state index in [1.807, 2.05) is 35.2 Å². The van der Waals surface area contributed by atoms with Crippen molar-refractivity contribution in [2.45, 2.75) is 12.8 Å². The lowest BCUT2D eigenvalue weighted by Crippen LogP contribution is -2.45. The Hall–Kier alpha value is -2.63. The highest BCUT2D eigenvalue weighted by Gasteiger charge is 2.32. The molecule has 0 radical (unpaired) electrons. The Morgan fingerprint density at radius 1 is 1.04 bits per heavy atom. The van der Waals surface area contributed by atoms with E-state index in [0.717, 1.165) is 43.3 Å². The fraction of sp³-hybridized carbons (Fsp3) is 0.389. The number of hydrogen-bond acceptors (Lipinski definition) is 5. The van der Waals surface area contributed by atoms with Gasteiger partial charge >= 0.3 is 0 Å². The van der Waals surface area contributed by atoms with Gasteiger partial charge < -0.3 is 14.5 Å². The highest BCUT2D eigenvalue weighted by Crippen LogP contribution is 2.33. The number of amides is 1. The molecule has 2 aromatic rings. The molecule has 0 N–H and O–H groups in total. The van der Waals surface area contributed by atoms with Crippen molar-refractivity contribution in [1.29, 1.82) is 0 Å². The second-order valence-electron chi connectivity index (χ2n) is 6.12. The molecule has 0 unspecified atom stereocenters. The molecule has 0 bridgehead atoms. The summed E-state index contributed by atoms with van der Waals surface area (Å²) in [4.78, 5) is 25.6. The second-order valence-corrected chi connectivity index (χ2v) is 6.12. The van der Waals surface area contributed by atoms with Crippen LogP contribution in [0.5, 0.6) is 5.75 Å². The van der Waals surface area contributed by atoms with Gasteiger partial charge in [0.15, 0.2) is 0 Å². The molecule has 1 aromatic heterocycles. The molecule has 2 aliphatic heterocycles. The summed E-state index contributed by atoms with van der Waals surface area (Å²) >= 11 is 0. The quantitative estimate of drug-likeness (QED) is 0.847. The number of fused-ring (bicyclic) bond motifs is 1. The summed E-state index contributed by atoms with van der Waals surface area (Å²) in [5.41, 5.74) is 0.891. The summed E-state index contributed by atoms with van der Waals surface area (Å²) in [5.74, 6) is 1.81. The molecule has 1 aromatic carbocycles. The number of rotatable bonds is 2. The van der Waals surface area contributed by atoms with E-state index in [1.54, 1.807) is 12.4 Å². The molecule has 0 aliphatic carbocycles. The van der Waals surface area contributed by atoms with Gasteiger partial charge in [0.25, 0.3) is 0 Å². The maximum absolute atomic E-state index is 13.0. The molecule has 1 amide bonds. The Labute approximate surface area is 141 Å². The first-order valence-corrected chi connectivity index (χ1v) is 8.38. The van der Waals surface area contributed by atoms with Crippen LogP contribution in [-0.2, 0) is 4.79 Å². The molecular formula is C18H20N4O2. The average Bonchev–Trinajstić information content (AvgIpc) is 2.68. The normalized spacial score (nSPS) is 18.0. The molecule has 6 nitrogen and oxygen atoms in total. The average molecular weight is 324 g/mol. The Morgan fingerprint density at radius 3 is 2.58 bits per heavy atom. The van der Waals surface area contributed by atoms with Crippen LogP contribution in [0.1, 0.15) is 12.8 Å². The van der Waals surface area contributed by atoms with Gasteiger partial charge in [-0.05, 0) is 31.0 Å². The van der Waals surface area contributed by atoms with Crippen LogP contribution in [0.2, 0.25) is 0 Å². The third-order valence-electron chi connectivity index (χ3n) is 4.67. The summed E-state index contributed by atoms with van der Waals surface area (Å²) in [6.07, 6.45) is 5.17. The largest absolute Gasteiger partial charge is 0.490 e. The summed E-state index contributed by atoms with van der Waals surface area (Å²) in [7, 11) is 0. The van der Waals surface area contributed by atoms with Crippen LogP contribution in [0.3, 0.4) is 0 Å². The maximum Gasteiger partial charge on any atom is 0.230 e.